The van der Waals surface area contributed by atoms with Gasteiger partial charge in [-0.25, -0.2) is 0 Å². The van der Waals surface area contributed by atoms with E-state index in [9.17, 15) is 24.8 Å². The third-order valence-electron chi connectivity index (χ3n) is 3.54. The van der Waals surface area contributed by atoms with Crippen LogP contribution in [0.5, 0.6) is 5.75 Å². The molecule has 2 rings (SSSR count). The summed E-state index contributed by atoms with van der Waals surface area (Å²) in [6.45, 7) is -0.570. The molecule has 0 bridgehead atoms. The fraction of sp³-hybridized carbons (Fsp3) is 0.222. The maximum atomic E-state index is 11.7. The molecular weight excluding hydrogens is 354 g/mol. The zero-order chi connectivity index (χ0) is 19.6. The lowest BCUT2D eigenvalue weighted by Crippen LogP contribution is -2.40. The molecule has 2 aromatic carbocycles. The molecule has 0 aliphatic carbocycles. The number of nitrogens with zero attached hydrogens (tertiary/aromatic N) is 1. The largest absolute Gasteiger partial charge is 0.484 e. The zero-order valence-electron chi connectivity index (χ0n) is 14.3. The predicted molar refractivity (Wildman–Crippen MR) is 96.0 cm³/mol. The minimum absolute atomic E-state index is 0.0876. The van der Waals surface area contributed by atoms with Crippen LogP contribution < -0.4 is 15.4 Å². The number of nitro benzene ring substituents is 1. The first-order valence-electron chi connectivity index (χ1n) is 8.09. The molecule has 27 heavy (non-hydrogen) atoms. The summed E-state index contributed by atoms with van der Waals surface area (Å²) in [5.41, 5.74) is 0.344. The normalized spacial score (nSPS) is 11.3. The number of carbonyl (C=O) groups excluding carboxylic acids is 2. The van der Waals surface area contributed by atoms with Gasteiger partial charge in [0.15, 0.2) is 6.61 Å². The first kappa shape index (κ1) is 19.9. The number of aliphatic hydroxyl groups excluding tert-OH is 1. The molecule has 2 amide bonds. The van der Waals surface area contributed by atoms with E-state index in [0.717, 1.165) is 0 Å². The number of aliphatic hydroxyl groups is 1. The summed E-state index contributed by atoms with van der Waals surface area (Å²) in [5.74, 6) is -0.391. The van der Waals surface area contributed by atoms with Gasteiger partial charge in [-0.15, -0.1) is 0 Å². The van der Waals surface area contributed by atoms with Crippen molar-refractivity contribution in [1.82, 2.24) is 10.6 Å². The summed E-state index contributed by atoms with van der Waals surface area (Å²) in [6, 6.07) is 14.2. The van der Waals surface area contributed by atoms with E-state index >= 15 is 0 Å². The molecule has 0 heterocycles. The number of benzene rings is 2. The number of rotatable bonds is 9. The van der Waals surface area contributed by atoms with E-state index in [2.05, 4.69) is 10.6 Å². The summed E-state index contributed by atoms with van der Waals surface area (Å²) in [5, 5.41) is 25.5. The maximum absolute atomic E-state index is 11.7. The standard InChI is InChI=1S/C18H19N3O6/c22-16(13-6-8-14(9-7-13)21(25)26)10-19-17(23)11-20-18(24)12-27-15-4-2-1-3-5-15/h1-9,16,22H,10-12H2,(H,19,23)(H,20,24). The molecule has 0 aliphatic heterocycles. The quantitative estimate of drug-likeness (QED) is 0.443. The zero-order valence-corrected chi connectivity index (χ0v) is 14.3. The summed E-state index contributed by atoms with van der Waals surface area (Å²) in [6.07, 6.45) is -1.02. The SMILES string of the molecule is O=C(CNC(=O)COc1ccccc1)NCC(O)c1ccc([N+](=O)[O-])cc1. The molecule has 0 saturated carbocycles. The van der Waals surface area contributed by atoms with Crippen molar-refractivity contribution in [1.29, 1.82) is 0 Å². The van der Waals surface area contributed by atoms with Gasteiger partial charge < -0.3 is 20.5 Å². The Morgan fingerprint density at radius 3 is 2.33 bits per heavy atom. The van der Waals surface area contributed by atoms with Crippen molar-refractivity contribution in [3.63, 3.8) is 0 Å². The lowest BCUT2D eigenvalue weighted by molar-refractivity contribution is -0.384. The Morgan fingerprint density at radius 2 is 1.70 bits per heavy atom. The van der Waals surface area contributed by atoms with Gasteiger partial charge in [0.25, 0.3) is 11.6 Å². The average molecular weight is 373 g/mol. The van der Waals surface area contributed by atoms with Crippen molar-refractivity contribution in [2.75, 3.05) is 19.7 Å². The summed E-state index contributed by atoms with van der Waals surface area (Å²) in [7, 11) is 0. The lowest BCUT2D eigenvalue weighted by atomic mass is 10.1. The van der Waals surface area contributed by atoms with E-state index < -0.39 is 22.8 Å². The van der Waals surface area contributed by atoms with Gasteiger partial charge in [0, 0.05) is 18.7 Å². The molecule has 2 aromatic rings. The van der Waals surface area contributed by atoms with Gasteiger partial charge in [-0.1, -0.05) is 18.2 Å². The van der Waals surface area contributed by atoms with Crippen LogP contribution in [0.3, 0.4) is 0 Å². The van der Waals surface area contributed by atoms with E-state index in [1.165, 1.54) is 24.3 Å². The van der Waals surface area contributed by atoms with Crippen molar-refractivity contribution in [3.8, 4) is 5.75 Å². The first-order chi connectivity index (χ1) is 13.0. The first-order valence-corrected chi connectivity index (χ1v) is 8.09. The van der Waals surface area contributed by atoms with Crippen LogP contribution in [0.15, 0.2) is 54.6 Å². The van der Waals surface area contributed by atoms with Crippen LogP contribution >= 0.6 is 0 Å². The van der Waals surface area contributed by atoms with Crippen molar-refractivity contribution >= 4 is 17.5 Å². The van der Waals surface area contributed by atoms with Crippen LogP contribution in [0.25, 0.3) is 0 Å². The van der Waals surface area contributed by atoms with E-state index in [1.807, 2.05) is 6.07 Å². The summed E-state index contributed by atoms with van der Waals surface area (Å²) in [4.78, 5) is 33.4. The molecule has 0 aliphatic rings. The van der Waals surface area contributed by atoms with Crippen LogP contribution in [0.1, 0.15) is 11.7 Å². The number of non-ortho nitro benzene ring substituents is 1. The van der Waals surface area contributed by atoms with Gasteiger partial charge in [-0.05, 0) is 29.8 Å². The number of amides is 2. The fourth-order valence-corrected chi connectivity index (χ4v) is 2.10. The summed E-state index contributed by atoms with van der Waals surface area (Å²) < 4.78 is 5.25. The fourth-order valence-electron chi connectivity index (χ4n) is 2.10. The second-order valence-corrected chi connectivity index (χ2v) is 5.55. The topological polar surface area (TPSA) is 131 Å². The number of hydrogen-bond acceptors (Lipinski definition) is 6. The number of nitro groups is 1. The Bertz CT molecular complexity index is 779. The van der Waals surface area contributed by atoms with Crippen molar-refractivity contribution < 1.29 is 24.4 Å². The van der Waals surface area contributed by atoms with E-state index in [0.29, 0.717) is 11.3 Å². The molecule has 0 saturated heterocycles. The van der Waals surface area contributed by atoms with Crippen molar-refractivity contribution in [3.05, 3.63) is 70.3 Å². The monoisotopic (exact) mass is 373 g/mol. The highest BCUT2D eigenvalue weighted by Gasteiger charge is 2.12. The smallest absolute Gasteiger partial charge is 0.269 e. The molecule has 0 radical (unpaired) electrons. The maximum Gasteiger partial charge on any atom is 0.269 e. The van der Waals surface area contributed by atoms with Crippen LogP contribution in [0.4, 0.5) is 5.69 Å². The molecule has 1 unspecified atom stereocenters. The number of ether oxygens (including phenoxy) is 1. The number of hydrogen-bond donors (Lipinski definition) is 3. The average Bonchev–Trinajstić information content (AvgIpc) is 2.69. The summed E-state index contributed by atoms with van der Waals surface area (Å²) >= 11 is 0. The highest BCUT2D eigenvalue weighted by Crippen LogP contribution is 2.17. The van der Waals surface area contributed by atoms with Crippen LogP contribution in [-0.4, -0.2) is 41.5 Å². The molecule has 9 heteroatoms. The molecule has 142 valence electrons. The van der Waals surface area contributed by atoms with Crippen LogP contribution in [0, 0.1) is 10.1 Å². The molecule has 9 nitrogen and oxygen atoms in total. The van der Waals surface area contributed by atoms with E-state index in [1.54, 1.807) is 24.3 Å². The molecule has 0 fully saturated rings. The van der Waals surface area contributed by atoms with Crippen molar-refractivity contribution in [2.45, 2.75) is 6.10 Å². The Balaban J connectivity index is 1.67. The minimum atomic E-state index is -1.02. The lowest BCUT2D eigenvalue weighted by Gasteiger charge is -2.12. The van der Waals surface area contributed by atoms with Gasteiger partial charge in [0.2, 0.25) is 5.91 Å². The third-order valence-corrected chi connectivity index (χ3v) is 3.54. The predicted octanol–water partition coefficient (Wildman–Crippen LogP) is 0.940. The van der Waals surface area contributed by atoms with Gasteiger partial charge in [-0.3, -0.25) is 19.7 Å². The second-order valence-electron chi connectivity index (χ2n) is 5.55. The number of carbonyl (C=O) groups is 2. The third kappa shape index (κ3) is 6.75. The Morgan fingerprint density at radius 1 is 1.04 bits per heavy atom. The molecular formula is C18H19N3O6. The number of nitrogens with one attached hydrogen (secondary N) is 2. The van der Waals surface area contributed by atoms with Gasteiger partial charge in [0.05, 0.1) is 17.6 Å². The van der Waals surface area contributed by atoms with Crippen molar-refractivity contribution in [2.24, 2.45) is 0 Å². The molecule has 0 aromatic heterocycles. The van der Waals surface area contributed by atoms with Crippen LogP contribution in [-0.2, 0) is 9.59 Å². The second kappa shape index (κ2) is 9.88. The van der Waals surface area contributed by atoms with Crippen LogP contribution in [0.2, 0.25) is 0 Å². The molecule has 1 atom stereocenters. The highest BCUT2D eigenvalue weighted by molar-refractivity contribution is 5.85. The highest BCUT2D eigenvalue weighted by atomic mass is 16.6. The minimum Gasteiger partial charge on any atom is -0.484 e. The van der Waals surface area contributed by atoms with E-state index in [4.69, 9.17) is 4.74 Å². The van der Waals surface area contributed by atoms with E-state index in [-0.39, 0.29) is 25.4 Å². The van der Waals surface area contributed by atoms with Gasteiger partial charge in [-0.2, -0.15) is 0 Å². The van der Waals surface area contributed by atoms with Gasteiger partial charge in [0.1, 0.15) is 5.75 Å². The van der Waals surface area contributed by atoms with Gasteiger partial charge >= 0.3 is 0 Å². The number of para-hydroxylation sites is 1. The Kier molecular flexibility index (Phi) is 7.26. The Labute approximate surface area is 155 Å². The molecule has 3 N–H and O–H groups in total. The molecule has 0 spiro atoms. The Hall–Kier alpha value is -3.46.